The highest BCUT2D eigenvalue weighted by Gasteiger charge is 2.32. The number of rotatable bonds is 5. The number of hydrogen-bond donors (Lipinski definition) is 1. The van der Waals surface area contributed by atoms with Crippen LogP contribution in [0.15, 0.2) is 22.7 Å². The highest BCUT2D eigenvalue weighted by molar-refractivity contribution is 9.10. The molecule has 1 aromatic carbocycles. The topological polar surface area (TPSA) is 24.5 Å². The van der Waals surface area contributed by atoms with E-state index in [-0.39, 0.29) is 12.5 Å². The van der Waals surface area contributed by atoms with E-state index < -0.39 is 12.6 Å². The minimum absolute atomic E-state index is 0.0431. The minimum atomic E-state index is -4.14. The number of benzene rings is 1. The molecule has 0 bridgehead atoms. The molecular weight excluding hydrogens is 361 g/mol. The Morgan fingerprint density at radius 3 is 2.59 bits per heavy atom. The summed E-state index contributed by atoms with van der Waals surface area (Å²) in [6.45, 7) is 3.06. The lowest BCUT2D eigenvalue weighted by molar-refractivity contribution is -0.138. The van der Waals surface area contributed by atoms with Crippen LogP contribution >= 0.6 is 15.9 Å². The Hall–Kier alpha value is -0.790. The zero-order valence-electron chi connectivity index (χ0n) is 12.4. The van der Waals surface area contributed by atoms with Crippen LogP contribution < -0.4 is 10.1 Å². The smallest absolute Gasteiger partial charge is 0.389 e. The van der Waals surface area contributed by atoms with Gasteiger partial charge in [-0.3, -0.25) is 4.90 Å². The van der Waals surface area contributed by atoms with Gasteiger partial charge < -0.3 is 10.1 Å². The van der Waals surface area contributed by atoms with Crippen LogP contribution in [0.25, 0.3) is 0 Å². The summed E-state index contributed by atoms with van der Waals surface area (Å²) in [5.74, 6) is 0.625. The predicted molar refractivity (Wildman–Crippen MR) is 83.2 cm³/mol. The van der Waals surface area contributed by atoms with Crippen molar-refractivity contribution < 1.29 is 17.9 Å². The molecule has 3 nitrogen and oxygen atoms in total. The molecule has 0 saturated carbocycles. The standard InChI is InChI=1S/C15H20BrF3N2O/c1-22-14-10-11(16)2-3-12(14)13(4-5-15(17,18)19)21-8-6-20-7-9-21/h2-3,10,13,20H,4-9H2,1H3/t13-/m0/s1. The molecule has 0 aromatic heterocycles. The van der Waals surface area contributed by atoms with Gasteiger partial charge in [-0.05, 0) is 18.6 Å². The lowest BCUT2D eigenvalue weighted by Gasteiger charge is -2.36. The van der Waals surface area contributed by atoms with E-state index in [2.05, 4.69) is 26.1 Å². The van der Waals surface area contributed by atoms with Crippen LogP contribution in [0.3, 0.4) is 0 Å². The Labute approximate surface area is 136 Å². The third kappa shape index (κ3) is 4.86. The maximum absolute atomic E-state index is 12.7. The summed E-state index contributed by atoms with van der Waals surface area (Å²) < 4.78 is 44.3. The van der Waals surface area contributed by atoms with Crippen LogP contribution in [0.4, 0.5) is 13.2 Å². The normalized spacial score (nSPS) is 18.2. The Balaban J connectivity index is 2.26. The molecule has 0 spiro atoms. The summed E-state index contributed by atoms with van der Waals surface area (Å²) in [6, 6.07) is 5.22. The third-order valence-corrected chi connectivity index (χ3v) is 4.34. The third-order valence-electron chi connectivity index (χ3n) is 3.85. The average molecular weight is 381 g/mol. The minimum Gasteiger partial charge on any atom is -0.496 e. The van der Waals surface area contributed by atoms with Crippen molar-refractivity contribution in [1.29, 1.82) is 0 Å². The summed E-state index contributed by atoms with van der Waals surface area (Å²) >= 11 is 3.37. The van der Waals surface area contributed by atoms with Gasteiger partial charge >= 0.3 is 6.18 Å². The second kappa shape index (κ2) is 7.66. The Morgan fingerprint density at radius 1 is 1.32 bits per heavy atom. The highest BCUT2D eigenvalue weighted by atomic mass is 79.9. The van der Waals surface area contributed by atoms with Gasteiger partial charge in [0.2, 0.25) is 0 Å². The molecule has 124 valence electrons. The molecular formula is C15H20BrF3N2O. The zero-order valence-corrected chi connectivity index (χ0v) is 14.0. The van der Waals surface area contributed by atoms with Crippen molar-refractivity contribution in [3.05, 3.63) is 28.2 Å². The fourth-order valence-electron chi connectivity index (χ4n) is 2.79. The summed E-state index contributed by atoms with van der Waals surface area (Å²) in [4.78, 5) is 2.11. The summed E-state index contributed by atoms with van der Waals surface area (Å²) in [5.41, 5.74) is 0.817. The molecule has 0 unspecified atom stereocenters. The van der Waals surface area contributed by atoms with Gasteiger partial charge in [-0.25, -0.2) is 0 Å². The number of hydrogen-bond acceptors (Lipinski definition) is 3. The van der Waals surface area contributed by atoms with Crippen molar-refractivity contribution in [3.8, 4) is 5.75 Å². The Kier molecular flexibility index (Phi) is 6.11. The van der Waals surface area contributed by atoms with E-state index >= 15 is 0 Å². The van der Waals surface area contributed by atoms with Gasteiger partial charge in [-0.2, -0.15) is 13.2 Å². The molecule has 22 heavy (non-hydrogen) atoms. The van der Waals surface area contributed by atoms with Gasteiger partial charge in [0.1, 0.15) is 5.75 Å². The van der Waals surface area contributed by atoms with Gasteiger partial charge in [0, 0.05) is 48.7 Å². The molecule has 0 aliphatic carbocycles. The van der Waals surface area contributed by atoms with Crippen LogP contribution in [0.2, 0.25) is 0 Å². The van der Waals surface area contributed by atoms with E-state index in [0.717, 1.165) is 36.2 Å². The van der Waals surface area contributed by atoms with Crippen molar-refractivity contribution >= 4 is 15.9 Å². The summed E-state index contributed by atoms with van der Waals surface area (Å²) in [5, 5.41) is 3.23. The SMILES string of the molecule is COc1cc(Br)ccc1[C@H](CCC(F)(F)F)N1CCNCC1. The van der Waals surface area contributed by atoms with Gasteiger partial charge in [-0.15, -0.1) is 0 Å². The molecule has 1 N–H and O–H groups in total. The molecule has 1 fully saturated rings. The molecule has 1 aliphatic heterocycles. The average Bonchev–Trinajstić information content (AvgIpc) is 2.48. The van der Waals surface area contributed by atoms with E-state index in [1.165, 1.54) is 0 Å². The molecule has 7 heteroatoms. The molecule has 1 aromatic rings. The van der Waals surface area contributed by atoms with Crippen molar-refractivity contribution in [2.75, 3.05) is 33.3 Å². The molecule has 1 atom stereocenters. The first kappa shape index (κ1) is 17.6. The molecule has 0 radical (unpaired) electrons. The van der Waals surface area contributed by atoms with Gasteiger partial charge in [0.05, 0.1) is 7.11 Å². The first-order chi connectivity index (χ1) is 10.4. The lowest BCUT2D eigenvalue weighted by atomic mass is 9.98. The predicted octanol–water partition coefficient (Wildman–Crippen LogP) is 3.75. The van der Waals surface area contributed by atoms with Crippen LogP contribution in [-0.4, -0.2) is 44.4 Å². The van der Waals surface area contributed by atoms with E-state index in [1.807, 2.05) is 12.1 Å². The first-order valence-corrected chi connectivity index (χ1v) is 8.05. The monoisotopic (exact) mass is 380 g/mol. The van der Waals surface area contributed by atoms with Gasteiger partial charge in [0.25, 0.3) is 0 Å². The van der Waals surface area contributed by atoms with Gasteiger partial charge in [-0.1, -0.05) is 22.0 Å². The van der Waals surface area contributed by atoms with Crippen molar-refractivity contribution in [1.82, 2.24) is 10.2 Å². The molecule has 2 rings (SSSR count). The van der Waals surface area contributed by atoms with E-state index in [4.69, 9.17) is 4.74 Å². The lowest BCUT2D eigenvalue weighted by Crippen LogP contribution is -2.45. The molecule has 1 aliphatic rings. The molecule has 1 saturated heterocycles. The van der Waals surface area contributed by atoms with Gasteiger partial charge in [0.15, 0.2) is 0 Å². The van der Waals surface area contributed by atoms with Crippen LogP contribution in [0.5, 0.6) is 5.75 Å². The molecule has 1 heterocycles. The second-order valence-electron chi connectivity index (χ2n) is 5.34. The number of halogens is 4. The Bertz CT molecular complexity index is 490. The number of ether oxygens (including phenoxy) is 1. The first-order valence-electron chi connectivity index (χ1n) is 7.25. The fourth-order valence-corrected chi connectivity index (χ4v) is 3.13. The van der Waals surface area contributed by atoms with Crippen molar-refractivity contribution in [2.24, 2.45) is 0 Å². The summed E-state index contributed by atoms with van der Waals surface area (Å²) in [7, 11) is 1.55. The van der Waals surface area contributed by atoms with Crippen molar-refractivity contribution in [2.45, 2.75) is 25.1 Å². The maximum atomic E-state index is 12.7. The highest BCUT2D eigenvalue weighted by Crippen LogP contribution is 2.37. The maximum Gasteiger partial charge on any atom is 0.389 e. The number of nitrogens with one attached hydrogen (secondary N) is 1. The molecule has 0 amide bonds. The fraction of sp³-hybridized carbons (Fsp3) is 0.600. The van der Waals surface area contributed by atoms with Crippen molar-refractivity contribution in [3.63, 3.8) is 0 Å². The van der Waals surface area contributed by atoms with Crippen LogP contribution in [0, 0.1) is 0 Å². The van der Waals surface area contributed by atoms with E-state index in [1.54, 1.807) is 13.2 Å². The number of nitrogens with zero attached hydrogens (tertiary/aromatic N) is 1. The second-order valence-corrected chi connectivity index (χ2v) is 6.26. The number of methoxy groups -OCH3 is 1. The largest absolute Gasteiger partial charge is 0.496 e. The van der Waals surface area contributed by atoms with E-state index in [0.29, 0.717) is 5.75 Å². The summed E-state index contributed by atoms with van der Waals surface area (Å²) in [6.07, 6.45) is -4.89. The number of alkyl halides is 3. The zero-order chi connectivity index (χ0) is 16.2. The van der Waals surface area contributed by atoms with Crippen LogP contribution in [-0.2, 0) is 0 Å². The Morgan fingerprint density at radius 2 is 2.00 bits per heavy atom. The van der Waals surface area contributed by atoms with E-state index in [9.17, 15) is 13.2 Å². The number of piperazine rings is 1. The van der Waals surface area contributed by atoms with Crippen LogP contribution in [0.1, 0.15) is 24.4 Å². The quantitative estimate of drug-likeness (QED) is 0.841.